The number of carboxylic acid groups (broad SMARTS) is 1. The van der Waals surface area contributed by atoms with Crippen LogP contribution in [0.25, 0.3) is 0 Å². The molecule has 0 amide bonds. The Bertz CT molecular complexity index is 311. The summed E-state index contributed by atoms with van der Waals surface area (Å²) in [6.45, 7) is -1.02. The van der Waals surface area contributed by atoms with Gasteiger partial charge >= 0.3 is 21.5 Å². The number of hydrogen-bond acceptors (Lipinski definition) is 4. The van der Waals surface area contributed by atoms with Gasteiger partial charge in [-0.25, -0.2) is 13.1 Å². The minimum absolute atomic E-state index is 1.02. The van der Waals surface area contributed by atoms with E-state index < -0.39 is 34.1 Å². The van der Waals surface area contributed by atoms with E-state index in [-0.39, 0.29) is 0 Å². The Kier molecular flexibility index (Phi) is 3.85. The first kappa shape index (κ1) is 13.1. The van der Waals surface area contributed by atoms with Gasteiger partial charge in [0.25, 0.3) is 0 Å². The monoisotopic (exact) mass is 236 g/mol. The molecule has 14 heavy (non-hydrogen) atoms. The number of halogens is 3. The lowest BCUT2D eigenvalue weighted by Gasteiger charge is -2.10. The summed E-state index contributed by atoms with van der Waals surface area (Å²) in [5.74, 6) is -1.60. The van der Waals surface area contributed by atoms with Crippen molar-refractivity contribution in [2.24, 2.45) is 5.73 Å². The highest BCUT2D eigenvalue weighted by atomic mass is 32.2. The highest BCUT2D eigenvalue weighted by Gasteiger charge is 2.45. The third-order valence-corrected chi connectivity index (χ3v) is 2.27. The summed E-state index contributed by atoms with van der Waals surface area (Å²) in [6, 6.07) is -1.72. The van der Waals surface area contributed by atoms with Gasteiger partial charge in [-0.1, -0.05) is 0 Å². The molecule has 10 heteroatoms. The van der Waals surface area contributed by atoms with Crippen molar-refractivity contribution < 1.29 is 31.5 Å². The maximum absolute atomic E-state index is 11.6. The van der Waals surface area contributed by atoms with Gasteiger partial charge in [0, 0.05) is 6.54 Å². The summed E-state index contributed by atoms with van der Waals surface area (Å²) in [5.41, 5.74) is -0.694. The number of sulfonamides is 1. The average Bonchev–Trinajstić information content (AvgIpc) is 1.97. The molecule has 4 N–H and O–H groups in total. The van der Waals surface area contributed by atoms with Crippen molar-refractivity contribution in [2.45, 2.75) is 11.6 Å². The Morgan fingerprint density at radius 2 is 1.93 bits per heavy atom. The molecule has 0 saturated heterocycles. The van der Waals surface area contributed by atoms with Gasteiger partial charge in [0.2, 0.25) is 0 Å². The second-order valence-corrected chi connectivity index (χ2v) is 4.00. The van der Waals surface area contributed by atoms with Gasteiger partial charge in [0.15, 0.2) is 0 Å². The second kappa shape index (κ2) is 4.11. The van der Waals surface area contributed by atoms with E-state index in [1.54, 1.807) is 0 Å². The van der Waals surface area contributed by atoms with Gasteiger partial charge in [0.05, 0.1) is 0 Å². The average molecular weight is 236 g/mol. The highest BCUT2D eigenvalue weighted by molar-refractivity contribution is 7.90. The van der Waals surface area contributed by atoms with E-state index in [1.165, 1.54) is 0 Å². The standard InChI is InChI=1S/C4H7F3N2O4S/c5-4(6,7)14(12,13)9-1-2(8)3(10)11/h2,9H,1,8H2,(H,10,11). The summed E-state index contributed by atoms with van der Waals surface area (Å²) in [5, 5.41) is 8.14. The number of carboxylic acids is 1. The number of nitrogens with one attached hydrogen (secondary N) is 1. The maximum atomic E-state index is 11.6. The van der Waals surface area contributed by atoms with Crippen LogP contribution in [0.1, 0.15) is 0 Å². The molecular weight excluding hydrogens is 229 g/mol. The molecule has 0 aromatic carbocycles. The molecule has 0 radical (unpaired) electrons. The van der Waals surface area contributed by atoms with Gasteiger partial charge < -0.3 is 10.8 Å². The zero-order chi connectivity index (χ0) is 11.6. The normalized spacial score (nSPS) is 15.1. The SMILES string of the molecule is NC(CNS(=O)(=O)C(F)(F)F)C(=O)O. The van der Waals surface area contributed by atoms with Crippen LogP contribution in [0, 0.1) is 0 Å². The van der Waals surface area contributed by atoms with Crippen LogP contribution in [0.2, 0.25) is 0 Å². The van der Waals surface area contributed by atoms with E-state index in [4.69, 9.17) is 10.8 Å². The lowest BCUT2D eigenvalue weighted by Crippen LogP contribution is -2.46. The lowest BCUT2D eigenvalue weighted by molar-refractivity contribution is -0.138. The molecule has 0 saturated carbocycles. The Morgan fingerprint density at radius 3 is 2.21 bits per heavy atom. The molecule has 0 aliphatic rings. The molecule has 0 rings (SSSR count). The number of nitrogens with two attached hydrogens (primary N) is 1. The van der Waals surface area contributed by atoms with Crippen LogP contribution >= 0.6 is 0 Å². The van der Waals surface area contributed by atoms with E-state index in [1.807, 2.05) is 0 Å². The highest BCUT2D eigenvalue weighted by Crippen LogP contribution is 2.21. The molecule has 0 bridgehead atoms. The lowest BCUT2D eigenvalue weighted by atomic mass is 10.3. The van der Waals surface area contributed by atoms with Crippen molar-refractivity contribution in [3.05, 3.63) is 0 Å². The predicted molar refractivity (Wildman–Crippen MR) is 38.6 cm³/mol. The number of carbonyl (C=O) groups is 1. The van der Waals surface area contributed by atoms with E-state index in [0.717, 1.165) is 4.72 Å². The molecule has 1 unspecified atom stereocenters. The van der Waals surface area contributed by atoms with Gasteiger partial charge in [0.1, 0.15) is 6.04 Å². The Balaban J connectivity index is 4.36. The van der Waals surface area contributed by atoms with Gasteiger partial charge in [-0.2, -0.15) is 13.2 Å². The van der Waals surface area contributed by atoms with Crippen molar-refractivity contribution in [3.8, 4) is 0 Å². The van der Waals surface area contributed by atoms with Crippen molar-refractivity contribution in [3.63, 3.8) is 0 Å². The first-order valence-corrected chi connectivity index (χ1v) is 4.60. The van der Waals surface area contributed by atoms with E-state index >= 15 is 0 Å². The van der Waals surface area contributed by atoms with E-state index in [2.05, 4.69) is 0 Å². The Hall–Kier alpha value is -0.870. The summed E-state index contributed by atoms with van der Waals surface area (Å²) < 4.78 is 56.5. The molecule has 84 valence electrons. The van der Waals surface area contributed by atoms with Crippen LogP contribution in [0.15, 0.2) is 0 Å². The predicted octanol–water partition coefficient (Wildman–Crippen LogP) is -1.16. The van der Waals surface area contributed by atoms with E-state index in [0.29, 0.717) is 0 Å². The number of aliphatic carboxylic acids is 1. The number of hydrogen-bond donors (Lipinski definition) is 3. The molecule has 0 aromatic rings. The molecule has 0 aliphatic heterocycles. The summed E-state index contributed by atoms with van der Waals surface area (Å²) in [7, 11) is -5.52. The zero-order valence-corrected chi connectivity index (χ0v) is 7.39. The van der Waals surface area contributed by atoms with Gasteiger partial charge in [-0.05, 0) is 0 Å². The Labute approximate surface area is 76.9 Å². The maximum Gasteiger partial charge on any atom is 0.511 e. The smallest absolute Gasteiger partial charge is 0.480 e. The van der Waals surface area contributed by atoms with Crippen LogP contribution in [0.4, 0.5) is 13.2 Å². The number of rotatable bonds is 4. The van der Waals surface area contributed by atoms with Crippen LogP contribution in [0.5, 0.6) is 0 Å². The molecule has 0 aromatic heterocycles. The molecule has 6 nitrogen and oxygen atoms in total. The first-order chi connectivity index (χ1) is 6.08. The summed E-state index contributed by atoms with van der Waals surface area (Å²) in [4.78, 5) is 10.0. The van der Waals surface area contributed by atoms with Crippen LogP contribution in [-0.4, -0.2) is 37.6 Å². The molecule has 0 heterocycles. The molecule has 0 fully saturated rings. The molecule has 0 spiro atoms. The van der Waals surface area contributed by atoms with E-state index in [9.17, 15) is 26.4 Å². The second-order valence-electron chi connectivity index (χ2n) is 2.24. The quantitative estimate of drug-likeness (QED) is 0.570. The van der Waals surface area contributed by atoms with Crippen LogP contribution in [-0.2, 0) is 14.8 Å². The fraction of sp³-hybridized carbons (Fsp3) is 0.750. The minimum atomic E-state index is -5.52. The van der Waals surface area contributed by atoms with Crippen molar-refractivity contribution in [1.29, 1.82) is 0 Å². The van der Waals surface area contributed by atoms with Gasteiger partial charge in [-0.3, -0.25) is 4.79 Å². The summed E-state index contributed by atoms with van der Waals surface area (Å²) in [6.07, 6.45) is 0. The molecule has 1 atom stereocenters. The van der Waals surface area contributed by atoms with Crippen molar-refractivity contribution in [1.82, 2.24) is 4.72 Å². The molecular formula is C4H7F3N2O4S. The van der Waals surface area contributed by atoms with Crippen molar-refractivity contribution >= 4 is 16.0 Å². The fourth-order valence-electron chi connectivity index (χ4n) is 0.369. The fourth-order valence-corrected chi connectivity index (χ4v) is 0.931. The summed E-state index contributed by atoms with van der Waals surface area (Å²) >= 11 is 0. The largest absolute Gasteiger partial charge is 0.511 e. The third-order valence-electron chi connectivity index (χ3n) is 1.12. The first-order valence-electron chi connectivity index (χ1n) is 3.12. The minimum Gasteiger partial charge on any atom is -0.480 e. The zero-order valence-electron chi connectivity index (χ0n) is 6.58. The van der Waals surface area contributed by atoms with Crippen LogP contribution in [0.3, 0.4) is 0 Å². The van der Waals surface area contributed by atoms with Crippen LogP contribution < -0.4 is 10.5 Å². The van der Waals surface area contributed by atoms with Gasteiger partial charge in [-0.15, -0.1) is 0 Å². The van der Waals surface area contributed by atoms with Crippen molar-refractivity contribution in [2.75, 3.05) is 6.54 Å². The topological polar surface area (TPSA) is 109 Å². The number of alkyl halides is 3. The Morgan fingerprint density at radius 1 is 1.50 bits per heavy atom. The molecule has 0 aliphatic carbocycles. The third kappa shape index (κ3) is 3.47.